The Kier molecular flexibility index (Phi) is 6.03. The molecular weight excluding hydrogens is 376 g/mol. The number of hydrogen-bond acceptors (Lipinski definition) is 7. The molecule has 0 amide bonds. The number of hydrogen-bond donors (Lipinski definition) is 3. The molecular formula is C22H28O7. The normalized spacial score (nSPS) is 34.4. The minimum absolute atomic E-state index is 0.0142. The Balaban J connectivity index is 2.02. The highest BCUT2D eigenvalue weighted by Crippen LogP contribution is 2.34. The zero-order valence-corrected chi connectivity index (χ0v) is 17.0. The minimum atomic E-state index is -0.885. The zero-order chi connectivity index (χ0) is 21.3. The van der Waals surface area contributed by atoms with Gasteiger partial charge in [0.15, 0.2) is 5.79 Å². The predicted molar refractivity (Wildman–Crippen MR) is 106 cm³/mol. The van der Waals surface area contributed by atoms with Gasteiger partial charge in [0.25, 0.3) is 0 Å². The zero-order valence-electron chi connectivity index (χ0n) is 17.0. The Hall–Kier alpha value is -2.35. The van der Waals surface area contributed by atoms with Crippen LogP contribution >= 0.6 is 0 Å². The first kappa shape index (κ1) is 21.4. The smallest absolute Gasteiger partial charge is 0.342 e. The molecule has 4 unspecified atom stereocenters. The van der Waals surface area contributed by atoms with Gasteiger partial charge in [0.2, 0.25) is 0 Å². The van der Waals surface area contributed by atoms with Crippen LogP contribution in [-0.4, -0.2) is 51.5 Å². The van der Waals surface area contributed by atoms with Crippen molar-refractivity contribution in [3.05, 3.63) is 41.5 Å². The molecule has 1 aromatic rings. The second-order valence-corrected chi connectivity index (χ2v) is 8.05. The molecule has 0 aliphatic carbocycles. The van der Waals surface area contributed by atoms with E-state index in [0.29, 0.717) is 12.0 Å². The molecule has 3 N–H and O–H groups in total. The van der Waals surface area contributed by atoms with E-state index in [1.54, 1.807) is 45.1 Å². The highest BCUT2D eigenvalue weighted by molar-refractivity contribution is 5.97. The van der Waals surface area contributed by atoms with Gasteiger partial charge in [-0.3, -0.25) is 0 Å². The molecule has 5 atom stereocenters. The summed E-state index contributed by atoms with van der Waals surface area (Å²) in [4.78, 5) is 12.7. The fraction of sp³-hybridized carbons (Fsp3) is 0.500. The maximum Gasteiger partial charge on any atom is 0.342 e. The maximum atomic E-state index is 12.7. The molecule has 7 heteroatoms. The first-order chi connectivity index (χ1) is 13.6. The number of carbonyl (C=O) groups is 1. The Morgan fingerprint density at radius 3 is 2.55 bits per heavy atom. The summed E-state index contributed by atoms with van der Waals surface area (Å²) in [6, 6.07) is 2.49. The summed E-state index contributed by atoms with van der Waals surface area (Å²) in [6.45, 7) is 7.17. The van der Waals surface area contributed by atoms with E-state index in [2.05, 4.69) is 0 Å². The Labute approximate surface area is 170 Å². The number of esters is 1. The molecule has 29 heavy (non-hydrogen) atoms. The summed E-state index contributed by atoms with van der Waals surface area (Å²) in [5.74, 6) is -2.24. The summed E-state index contributed by atoms with van der Waals surface area (Å²) in [5, 5.41) is 30.7. The number of rotatable bonds is 0. The van der Waals surface area contributed by atoms with Gasteiger partial charge in [-0.2, -0.15) is 0 Å². The van der Waals surface area contributed by atoms with E-state index in [1.807, 2.05) is 6.92 Å². The van der Waals surface area contributed by atoms with Gasteiger partial charge in [0.05, 0.1) is 6.10 Å². The highest BCUT2D eigenvalue weighted by Gasteiger charge is 2.43. The lowest BCUT2D eigenvalue weighted by Gasteiger charge is -2.22. The van der Waals surface area contributed by atoms with Crippen LogP contribution in [0, 0.1) is 5.92 Å². The van der Waals surface area contributed by atoms with Crippen LogP contribution < -0.4 is 0 Å². The van der Waals surface area contributed by atoms with Crippen molar-refractivity contribution in [1.82, 2.24) is 0 Å². The van der Waals surface area contributed by atoms with E-state index in [1.165, 1.54) is 6.07 Å². The molecule has 158 valence electrons. The molecule has 0 aromatic heterocycles. The van der Waals surface area contributed by atoms with Crippen LogP contribution in [0.2, 0.25) is 0 Å². The van der Waals surface area contributed by atoms with Crippen LogP contribution in [0.15, 0.2) is 30.4 Å². The van der Waals surface area contributed by atoms with E-state index in [4.69, 9.17) is 14.2 Å². The van der Waals surface area contributed by atoms with E-state index in [-0.39, 0.29) is 23.0 Å². The van der Waals surface area contributed by atoms with Gasteiger partial charge in [0.1, 0.15) is 35.4 Å². The van der Waals surface area contributed by atoms with E-state index >= 15 is 0 Å². The van der Waals surface area contributed by atoms with E-state index in [9.17, 15) is 20.1 Å². The van der Waals surface area contributed by atoms with Crippen LogP contribution in [0.1, 0.15) is 50.0 Å². The molecule has 3 rings (SSSR count). The molecule has 7 nitrogen and oxygen atoms in total. The van der Waals surface area contributed by atoms with Crippen molar-refractivity contribution in [3.63, 3.8) is 0 Å². The van der Waals surface area contributed by atoms with Crippen molar-refractivity contribution in [2.24, 2.45) is 5.92 Å². The summed E-state index contributed by atoms with van der Waals surface area (Å²) >= 11 is 0. The van der Waals surface area contributed by atoms with Gasteiger partial charge >= 0.3 is 5.97 Å². The molecule has 2 aliphatic heterocycles. The number of carbonyl (C=O) groups excluding carboxylic acids is 1. The number of phenols is 2. The molecule has 0 saturated carbocycles. The van der Waals surface area contributed by atoms with E-state index < -0.39 is 36.2 Å². The van der Waals surface area contributed by atoms with E-state index in [0.717, 1.165) is 6.07 Å². The van der Waals surface area contributed by atoms with Crippen molar-refractivity contribution in [3.8, 4) is 11.5 Å². The third kappa shape index (κ3) is 4.80. The lowest BCUT2D eigenvalue weighted by atomic mass is 9.99. The Morgan fingerprint density at radius 2 is 1.83 bits per heavy atom. The monoisotopic (exact) mass is 404 g/mol. The van der Waals surface area contributed by atoms with Gasteiger partial charge in [-0.25, -0.2) is 4.79 Å². The van der Waals surface area contributed by atoms with Crippen molar-refractivity contribution < 1.29 is 34.3 Å². The molecule has 1 fully saturated rings. The van der Waals surface area contributed by atoms with Crippen LogP contribution in [-0.2, 0) is 14.2 Å². The van der Waals surface area contributed by atoms with Gasteiger partial charge < -0.3 is 29.5 Å². The minimum Gasteiger partial charge on any atom is -0.508 e. The molecule has 2 heterocycles. The van der Waals surface area contributed by atoms with Gasteiger partial charge in [-0.1, -0.05) is 31.2 Å². The highest BCUT2D eigenvalue weighted by atomic mass is 16.8. The predicted octanol–water partition coefficient (Wildman–Crippen LogP) is 3.13. The van der Waals surface area contributed by atoms with Gasteiger partial charge in [-0.05, 0) is 38.8 Å². The summed E-state index contributed by atoms with van der Waals surface area (Å²) < 4.78 is 17.3. The number of ether oxygens (including phenoxy) is 3. The fourth-order valence-corrected chi connectivity index (χ4v) is 3.54. The molecule has 1 aromatic carbocycles. The van der Waals surface area contributed by atoms with Crippen LogP contribution in [0.3, 0.4) is 0 Å². The molecule has 0 bridgehead atoms. The quantitative estimate of drug-likeness (QED) is 0.451. The molecule has 0 spiro atoms. The lowest BCUT2D eigenvalue weighted by molar-refractivity contribution is -0.152. The summed E-state index contributed by atoms with van der Waals surface area (Å²) in [6.07, 6.45) is 4.82. The molecule has 1 saturated heterocycles. The van der Waals surface area contributed by atoms with Crippen LogP contribution in [0.4, 0.5) is 0 Å². The maximum absolute atomic E-state index is 12.7. The number of phenolic OH excluding ortho intramolecular Hbond substituents is 2. The van der Waals surface area contributed by atoms with Gasteiger partial charge in [-0.15, -0.1) is 0 Å². The van der Waals surface area contributed by atoms with Crippen molar-refractivity contribution in [2.45, 2.75) is 64.3 Å². The van der Waals surface area contributed by atoms with Crippen LogP contribution in [0.25, 0.3) is 6.08 Å². The topological polar surface area (TPSA) is 105 Å². The van der Waals surface area contributed by atoms with Gasteiger partial charge in [0, 0.05) is 12.0 Å². The van der Waals surface area contributed by atoms with Crippen molar-refractivity contribution in [1.29, 1.82) is 0 Å². The largest absolute Gasteiger partial charge is 0.508 e. The third-order valence-corrected chi connectivity index (χ3v) is 5.21. The van der Waals surface area contributed by atoms with Crippen LogP contribution in [0.5, 0.6) is 11.5 Å². The first-order valence-electron chi connectivity index (χ1n) is 9.73. The standard InChI is InChI=1S/C22H28O7/c1-12-8-9-16(24)20-18(28-22(3,4)29-20)7-5-6-14-10-15(23)11-17(25)19(14)21(26)27-13(12)2/h5-6,8-13,16,18,20,23-25H,7H2,1-4H3/b6-5+,9-8-/t12-,13?,16?,18?,20?/m1/s1. The SMILES string of the molecule is CC1OC(=O)c2c(O)cc(O)cc2/C=C/CC2OC(C)(C)OC2C(O)/C=C\[C@H]1C. The number of cyclic esters (lactones) is 1. The summed E-state index contributed by atoms with van der Waals surface area (Å²) in [5.41, 5.74) is 0.315. The summed E-state index contributed by atoms with van der Waals surface area (Å²) in [7, 11) is 0. The molecule has 2 aliphatic rings. The number of fused-ring (bicyclic) bond motifs is 2. The average Bonchev–Trinajstić information content (AvgIpc) is 2.92. The lowest BCUT2D eigenvalue weighted by Crippen LogP contribution is -2.34. The number of aliphatic hydroxyl groups is 1. The second kappa shape index (κ2) is 8.18. The van der Waals surface area contributed by atoms with Crippen molar-refractivity contribution >= 4 is 12.0 Å². The number of aliphatic hydroxyl groups excluding tert-OH is 1. The Morgan fingerprint density at radius 1 is 1.10 bits per heavy atom. The number of aromatic hydroxyl groups is 2. The molecule has 0 radical (unpaired) electrons. The Bertz CT molecular complexity index is 827. The third-order valence-electron chi connectivity index (χ3n) is 5.21. The fourth-order valence-electron chi connectivity index (χ4n) is 3.54. The number of benzene rings is 1. The average molecular weight is 404 g/mol. The van der Waals surface area contributed by atoms with Crippen molar-refractivity contribution in [2.75, 3.05) is 0 Å². The second-order valence-electron chi connectivity index (χ2n) is 8.05. The first-order valence-corrected chi connectivity index (χ1v) is 9.73.